The molecule has 0 bridgehead atoms. The molecule has 5 heteroatoms. The van der Waals surface area contributed by atoms with E-state index in [0.717, 1.165) is 32.2 Å². The Labute approximate surface area is 73.3 Å². The minimum Gasteiger partial charge on any atom is -0.360 e. The maximum Gasteiger partial charge on any atom is 0.251 e. The minimum absolute atomic E-state index is 0.620. The molecule has 1 aliphatic heterocycles. The molecule has 4 nitrogen and oxygen atoms in total. The standard InChI is InChI=1S/C7H14N2O2S/c1-7(8-12(2,10)11)9-5-3-4-6-9/h3-6H2,1-2H3. The van der Waals surface area contributed by atoms with E-state index in [1.165, 1.54) is 0 Å². The number of nitrogens with zero attached hydrogens (tertiary/aromatic N) is 2. The third kappa shape index (κ3) is 2.81. The summed E-state index contributed by atoms with van der Waals surface area (Å²) in [7, 11) is -3.21. The molecule has 1 rings (SSSR count). The molecule has 0 radical (unpaired) electrons. The summed E-state index contributed by atoms with van der Waals surface area (Å²) in [5, 5.41) is 0. The first kappa shape index (κ1) is 9.51. The summed E-state index contributed by atoms with van der Waals surface area (Å²) in [5.74, 6) is 0.620. The van der Waals surface area contributed by atoms with Gasteiger partial charge in [-0.15, -0.1) is 0 Å². The van der Waals surface area contributed by atoms with Crippen molar-refractivity contribution in [1.82, 2.24) is 4.90 Å². The molecule has 0 atom stereocenters. The Morgan fingerprint density at radius 3 is 2.25 bits per heavy atom. The van der Waals surface area contributed by atoms with Gasteiger partial charge in [-0.2, -0.15) is 4.40 Å². The smallest absolute Gasteiger partial charge is 0.251 e. The van der Waals surface area contributed by atoms with Gasteiger partial charge in [-0.1, -0.05) is 0 Å². The van der Waals surface area contributed by atoms with E-state index in [2.05, 4.69) is 4.40 Å². The quantitative estimate of drug-likeness (QED) is 0.446. The molecule has 0 aliphatic carbocycles. The molecule has 0 spiro atoms. The lowest BCUT2D eigenvalue weighted by molar-refractivity contribution is 0.516. The summed E-state index contributed by atoms with van der Waals surface area (Å²) in [6, 6.07) is 0. The van der Waals surface area contributed by atoms with Gasteiger partial charge in [0.05, 0.1) is 6.26 Å². The number of likely N-dealkylation sites (tertiary alicyclic amines) is 1. The average Bonchev–Trinajstić information content (AvgIpc) is 2.32. The first-order valence-corrected chi connectivity index (χ1v) is 5.85. The molecule has 0 N–H and O–H groups in total. The molecule has 1 heterocycles. The largest absolute Gasteiger partial charge is 0.360 e. The molecule has 1 saturated heterocycles. The second kappa shape index (κ2) is 3.43. The minimum atomic E-state index is -3.21. The Kier molecular flexibility index (Phi) is 2.72. The van der Waals surface area contributed by atoms with E-state index in [9.17, 15) is 8.42 Å². The molecule has 0 aromatic rings. The van der Waals surface area contributed by atoms with E-state index in [1.54, 1.807) is 6.92 Å². The Bertz CT molecular complexity index is 276. The van der Waals surface area contributed by atoms with Gasteiger partial charge in [-0.3, -0.25) is 0 Å². The summed E-state index contributed by atoms with van der Waals surface area (Å²) in [4.78, 5) is 2.00. The highest BCUT2D eigenvalue weighted by molar-refractivity contribution is 7.89. The topological polar surface area (TPSA) is 49.7 Å². The lowest BCUT2D eigenvalue weighted by atomic mass is 10.4. The van der Waals surface area contributed by atoms with Crippen LogP contribution in [0.25, 0.3) is 0 Å². The normalized spacial score (nSPS) is 20.2. The summed E-state index contributed by atoms with van der Waals surface area (Å²) >= 11 is 0. The third-order valence-corrected chi connectivity index (χ3v) is 2.46. The number of hydrogen-bond acceptors (Lipinski definition) is 2. The van der Waals surface area contributed by atoms with Crippen LogP contribution in [-0.4, -0.2) is 38.5 Å². The van der Waals surface area contributed by atoms with Gasteiger partial charge in [-0.25, -0.2) is 8.42 Å². The zero-order valence-corrected chi connectivity index (χ0v) is 8.26. The molecule has 12 heavy (non-hydrogen) atoms. The van der Waals surface area contributed by atoms with E-state index >= 15 is 0 Å². The molecule has 70 valence electrons. The van der Waals surface area contributed by atoms with Crippen LogP contribution in [0.15, 0.2) is 4.40 Å². The van der Waals surface area contributed by atoms with Crippen molar-refractivity contribution in [3.8, 4) is 0 Å². The number of rotatable bonds is 1. The zero-order chi connectivity index (χ0) is 9.19. The van der Waals surface area contributed by atoms with Crippen molar-refractivity contribution in [1.29, 1.82) is 0 Å². The summed E-state index contributed by atoms with van der Waals surface area (Å²) < 4.78 is 25.2. The second-order valence-corrected chi connectivity index (χ2v) is 4.71. The highest BCUT2D eigenvalue weighted by Crippen LogP contribution is 2.08. The SMILES string of the molecule is CC(=NS(C)(=O)=O)N1CCCC1. The van der Waals surface area contributed by atoms with Crippen LogP contribution in [0.3, 0.4) is 0 Å². The molecule has 0 unspecified atom stereocenters. The van der Waals surface area contributed by atoms with Crippen LogP contribution in [0.4, 0.5) is 0 Å². The molecule has 1 aliphatic rings. The van der Waals surface area contributed by atoms with Crippen LogP contribution in [0.2, 0.25) is 0 Å². The number of amidine groups is 1. The fourth-order valence-corrected chi connectivity index (χ4v) is 1.93. The predicted octanol–water partition coefficient (Wildman–Crippen LogP) is 0.460. The van der Waals surface area contributed by atoms with Crippen molar-refractivity contribution < 1.29 is 8.42 Å². The molecule has 0 saturated carbocycles. The van der Waals surface area contributed by atoms with Crippen LogP contribution in [0.5, 0.6) is 0 Å². The summed E-state index contributed by atoms with van der Waals surface area (Å²) in [6.45, 7) is 3.61. The van der Waals surface area contributed by atoms with Crippen molar-refractivity contribution in [2.45, 2.75) is 19.8 Å². The van der Waals surface area contributed by atoms with E-state index in [4.69, 9.17) is 0 Å². The lowest BCUT2D eigenvalue weighted by Gasteiger charge is -2.15. The first-order chi connectivity index (χ1) is 5.49. The summed E-state index contributed by atoms with van der Waals surface area (Å²) in [5.41, 5.74) is 0. The second-order valence-electron chi connectivity index (χ2n) is 3.07. The Balaban J connectivity index is 2.69. The van der Waals surface area contributed by atoms with Crippen molar-refractivity contribution >= 4 is 15.9 Å². The molecular formula is C7H14N2O2S. The molecule has 0 aromatic carbocycles. The zero-order valence-electron chi connectivity index (χ0n) is 7.45. The van der Waals surface area contributed by atoms with Crippen LogP contribution in [0, 0.1) is 0 Å². The van der Waals surface area contributed by atoms with Gasteiger partial charge in [-0.05, 0) is 19.8 Å². The van der Waals surface area contributed by atoms with Crippen LogP contribution >= 0.6 is 0 Å². The number of hydrogen-bond donors (Lipinski definition) is 0. The van der Waals surface area contributed by atoms with Crippen LogP contribution in [0.1, 0.15) is 19.8 Å². The van der Waals surface area contributed by atoms with Gasteiger partial charge in [0.2, 0.25) is 0 Å². The van der Waals surface area contributed by atoms with Gasteiger partial charge in [0.15, 0.2) is 0 Å². The van der Waals surface area contributed by atoms with Gasteiger partial charge in [0.1, 0.15) is 5.84 Å². The Morgan fingerprint density at radius 1 is 1.33 bits per heavy atom. The monoisotopic (exact) mass is 190 g/mol. The molecule has 0 amide bonds. The van der Waals surface area contributed by atoms with E-state index < -0.39 is 10.0 Å². The molecule has 0 aromatic heterocycles. The van der Waals surface area contributed by atoms with E-state index in [-0.39, 0.29) is 0 Å². The Morgan fingerprint density at radius 2 is 1.83 bits per heavy atom. The van der Waals surface area contributed by atoms with Crippen molar-refractivity contribution in [2.75, 3.05) is 19.3 Å². The molecular weight excluding hydrogens is 176 g/mol. The lowest BCUT2D eigenvalue weighted by Crippen LogP contribution is -2.25. The van der Waals surface area contributed by atoms with Gasteiger partial charge in [0.25, 0.3) is 10.0 Å². The first-order valence-electron chi connectivity index (χ1n) is 4.00. The van der Waals surface area contributed by atoms with E-state index in [1.807, 2.05) is 4.90 Å². The highest BCUT2D eigenvalue weighted by atomic mass is 32.2. The van der Waals surface area contributed by atoms with Crippen molar-refractivity contribution in [3.05, 3.63) is 0 Å². The maximum atomic E-state index is 10.8. The predicted molar refractivity (Wildman–Crippen MR) is 48.8 cm³/mol. The van der Waals surface area contributed by atoms with Gasteiger partial charge >= 0.3 is 0 Å². The average molecular weight is 190 g/mol. The van der Waals surface area contributed by atoms with Gasteiger partial charge in [0, 0.05) is 13.1 Å². The third-order valence-electron chi connectivity index (χ3n) is 1.86. The van der Waals surface area contributed by atoms with Gasteiger partial charge < -0.3 is 4.90 Å². The van der Waals surface area contributed by atoms with Crippen molar-refractivity contribution in [2.24, 2.45) is 4.40 Å². The number of sulfonamides is 1. The van der Waals surface area contributed by atoms with E-state index in [0.29, 0.717) is 5.84 Å². The fraction of sp³-hybridized carbons (Fsp3) is 0.857. The maximum absolute atomic E-state index is 10.8. The molecule has 1 fully saturated rings. The van der Waals surface area contributed by atoms with Crippen molar-refractivity contribution in [3.63, 3.8) is 0 Å². The Hall–Kier alpha value is -0.580. The summed E-state index contributed by atoms with van der Waals surface area (Å²) in [6.07, 6.45) is 3.39. The van der Waals surface area contributed by atoms with Crippen LogP contribution in [-0.2, 0) is 10.0 Å². The highest BCUT2D eigenvalue weighted by Gasteiger charge is 2.13. The fourth-order valence-electron chi connectivity index (χ4n) is 1.34. The van der Waals surface area contributed by atoms with Crippen LogP contribution < -0.4 is 0 Å².